The average Bonchev–Trinajstić information content (AvgIpc) is 2.74. The van der Waals surface area contributed by atoms with Gasteiger partial charge in [0.2, 0.25) is 0 Å². The molecule has 0 saturated heterocycles. The summed E-state index contributed by atoms with van der Waals surface area (Å²) in [6, 6.07) is 12.1. The van der Waals surface area contributed by atoms with E-state index in [2.05, 4.69) is 17.5 Å². The first kappa shape index (κ1) is 24.2. The van der Waals surface area contributed by atoms with Crippen LogP contribution in [0.1, 0.15) is 74.2 Å². The van der Waals surface area contributed by atoms with Crippen molar-refractivity contribution in [1.29, 1.82) is 0 Å². The summed E-state index contributed by atoms with van der Waals surface area (Å²) in [7, 11) is 0. The number of benzene rings is 2. The molecule has 2 rings (SSSR count). The van der Waals surface area contributed by atoms with E-state index in [1.165, 1.54) is 51.2 Å². The number of carbonyl (C=O) groups is 1. The second kappa shape index (κ2) is 14.1. The summed E-state index contributed by atoms with van der Waals surface area (Å²) in [5.41, 5.74) is 3.67. The quantitative estimate of drug-likeness (QED) is 0.199. The van der Waals surface area contributed by atoms with E-state index in [1.54, 1.807) is 42.5 Å². The van der Waals surface area contributed by atoms with E-state index >= 15 is 0 Å². The molecule has 0 heterocycles. The first-order chi connectivity index (χ1) is 14.6. The van der Waals surface area contributed by atoms with Crippen molar-refractivity contribution in [2.45, 2.75) is 58.3 Å². The molecule has 0 aliphatic heterocycles. The number of amides is 1. The lowest BCUT2D eigenvalue weighted by atomic mass is 10.1. The summed E-state index contributed by atoms with van der Waals surface area (Å²) in [4.78, 5) is 12.2. The third-order valence-electron chi connectivity index (χ3n) is 4.72. The first-order valence-corrected chi connectivity index (χ1v) is 11.4. The Morgan fingerprint density at radius 3 is 2.30 bits per heavy atom. The number of hydrazone groups is 1. The van der Waals surface area contributed by atoms with Gasteiger partial charge in [-0.15, -0.1) is 0 Å². The summed E-state index contributed by atoms with van der Waals surface area (Å²) >= 11 is 11.9. The second-order valence-corrected chi connectivity index (χ2v) is 8.06. The highest BCUT2D eigenvalue weighted by molar-refractivity contribution is 6.36. The zero-order valence-corrected chi connectivity index (χ0v) is 19.0. The molecule has 6 heteroatoms. The van der Waals surface area contributed by atoms with Crippen LogP contribution in [0.15, 0.2) is 47.6 Å². The monoisotopic (exact) mass is 448 g/mol. The van der Waals surface area contributed by atoms with Gasteiger partial charge in [0.25, 0.3) is 5.91 Å². The smallest absolute Gasteiger partial charge is 0.271 e. The molecule has 2 aromatic carbocycles. The van der Waals surface area contributed by atoms with Crippen LogP contribution in [-0.2, 0) is 0 Å². The van der Waals surface area contributed by atoms with Gasteiger partial charge in [0.1, 0.15) is 5.75 Å². The van der Waals surface area contributed by atoms with Gasteiger partial charge in [-0.3, -0.25) is 4.79 Å². The fourth-order valence-electron chi connectivity index (χ4n) is 2.96. The summed E-state index contributed by atoms with van der Waals surface area (Å²) in [5.74, 6) is 0.469. The van der Waals surface area contributed by atoms with Crippen LogP contribution in [0.3, 0.4) is 0 Å². The number of hydrogen-bond acceptors (Lipinski definition) is 3. The minimum absolute atomic E-state index is 0.300. The maximum atomic E-state index is 12.2. The summed E-state index contributed by atoms with van der Waals surface area (Å²) < 4.78 is 5.76. The topological polar surface area (TPSA) is 50.7 Å². The standard InChI is InChI=1S/C24H30Cl2N2O2/c1-2-3-4-5-6-7-8-9-16-30-22-14-11-19(12-15-22)24(29)28-27-18-20-10-13-21(25)17-23(20)26/h10-15,17-18H,2-9,16H2,1H3,(H,28,29). The summed E-state index contributed by atoms with van der Waals surface area (Å²) in [5, 5.41) is 4.97. The molecule has 2 aromatic rings. The highest BCUT2D eigenvalue weighted by Gasteiger charge is 2.05. The molecule has 0 aromatic heterocycles. The van der Waals surface area contributed by atoms with Crippen LogP contribution in [-0.4, -0.2) is 18.7 Å². The van der Waals surface area contributed by atoms with Crippen molar-refractivity contribution in [3.63, 3.8) is 0 Å². The minimum Gasteiger partial charge on any atom is -0.494 e. The number of hydrogen-bond donors (Lipinski definition) is 1. The highest BCUT2D eigenvalue weighted by Crippen LogP contribution is 2.19. The molecule has 0 spiro atoms. The van der Waals surface area contributed by atoms with Gasteiger partial charge >= 0.3 is 0 Å². The molecule has 0 fully saturated rings. The zero-order valence-electron chi connectivity index (χ0n) is 17.5. The Morgan fingerprint density at radius 2 is 1.63 bits per heavy atom. The Kier molecular flexibility index (Phi) is 11.3. The number of nitrogens with one attached hydrogen (secondary N) is 1. The van der Waals surface area contributed by atoms with E-state index in [-0.39, 0.29) is 5.91 Å². The van der Waals surface area contributed by atoms with E-state index in [0.717, 1.165) is 12.2 Å². The Balaban J connectivity index is 1.67. The third kappa shape index (κ3) is 9.19. The van der Waals surface area contributed by atoms with Crippen molar-refractivity contribution >= 4 is 35.3 Å². The van der Waals surface area contributed by atoms with Gasteiger partial charge in [0.05, 0.1) is 17.8 Å². The predicted octanol–water partition coefficient (Wildman–Crippen LogP) is 7.28. The highest BCUT2D eigenvalue weighted by atomic mass is 35.5. The van der Waals surface area contributed by atoms with Gasteiger partial charge in [-0.1, -0.05) is 81.1 Å². The number of rotatable bonds is 13. The number of carbonyl (C=O) groups excluding carboxylic acids is 1. The Hall–Kier alpha value is -2.04. The molecular formula is C24H30Cl2N2O2. The van der Waals surface area contributed by atoms with Crippen molar-refractivity contribution in [3.05, 3.63) is 63.6 Å². The number of halogens is 2. The van der Waals surface area contributed by atoms with E-state index < -0.39 is 0 Å². The molecule has 30 heavy (non-hydrogen) atoms. The molecule has 1 N–H and O–H groups in total. The molecule has 4 nitrogen and oxygen atoms in total. The van der Waals surface area contributed by atoms with Gasteiger partial charge in [-0.2, -0.15) is 5.10 Å². The van der Waals surface area contributed by atoms with Crippen LogP contribution in [0.25, 0.3) is 0 Å². The van der Waals surface area contributed by atoms with Crippen LogP contribution in [0.2, 0.25) is 10.0 Å². The average molecular weight is 449 g/mol. The Labute approximate surface area is 189 Å². The van der Waals surface area contributed by atoms with Gasteiger partial charge in [0.15, 0.2) is 0 Å². The van der Waals surface area contributed by atoms with Gasteiger partial charge in [-0.25, -0.2) is 5.43 Å². The fraction of sp³-hybridized carbons (Fsp3) is 0.417. The normalized spacial score (nSPS) is 11.0. The van der Waals surface area contributed by atoms with Crippen molar-refractivity contribution in [1.82, 2.24) is 5.43 Å². The van der Waals surface area contributed by atoms with E-state index in [4.69, 9.17) is 27.9 Å². The molecule has 0 radical (unpaired) electrons. The van der Waals surface area contributed by atoms with Crippen molar-refractivity contribution in [2.75, 3.05) is 6.61 Å². The third-order valence-corrected chi connectivity index (χ3v) is 5.28. The van der Waals surface area contributed by atoms with Crippen LogP contribution in [0.4, 0.5) is 0 Å². The Bertz CT molecular complexity index is 807. The molecule has 0 bridgehead atoms. The van der Waals surface area contributed by atoms with Gasteiger partial charge in [-0.05, 0) is 42.8 Å². The molecular weight excluding hydrogens is 419 g/mol. The second-order valence-electron chi connectivity index (χ2n) is 7.21. The maximum absolute atomic E-state index is 12.2. The van der Waals surface area contributed by atoms with Gasteiger partial charge in [0, 0.05) is 16.1 Å². The lowest BCUT2D eigenvalue weighted by Crippen LogP contribution is -2.17. The summed E-state index contributed by atoms with van der Waals surface area (Å²) in [6.07, 6.45) is 11.7. The van der Waals surface area contributed by atoms with Crippen LogP contribution in [0, 0.1) is 0 Å². The molecule has 0 atom stereocenters. The minimum atomic E-state index is -0.300. The maximum Gasteiger partial charge on any atom is 0.271 e. The number of nitrogens with zero attached hydrogens (tertiary/aromatic N) is 1. The van der Waals surface area contributed by atoms with Crippen LogP contribution in [0.5, 0.6) is 5.75 Å². The van der Waals surface area contributed by atoms with Crippen molar-refractivity contribution in [2.24, 2.45) is 5.10 Å². The van der Waals surface area contributed by atoms with Crippen molar-refractivity contribution < 1.29 is 9.53 Å². The molecule has 0 aliphatic carbocycles. The largest absolute Gasteiger partial charge is 0.494 e. The lowest BCUT2D eigenvalue weighted by molar-refractivity contribution is 0.0955. The molecule has 1 amide bonds. The van der Waals surface area contributed by atoms with Crippen molar-refractivity contribution in [3.8, 4) is 5.75 Å². The lowest BCUT2D eigenvalue weighted by Gasteiger charge is -2.07. The number of unbranched alkanes of at least 4 members (excludes halogenated alkanes) is 7. The van der Waals surface area contributed by atoms with Gasteiger partial charge < -0.3 is 4.74 Å². The first-order valence-electron chi connectivity index (χ1n) is 10.6. The van der Waals surface area contributed by atoms with Crippen LogP contribution >= 0.6 is 23.2 Å². The molecule has 162 valence electrons. The Morgan fingerprint density at radius 1 is 0.967 bits per heavy atom. The predicted molar refractivity (Wildman–Crippen MR) is 126 cm³/mol. The number of ether oxygens (including phenoxy) is 1. The molecule has 0 unspecified atom stereocenters. The SMILES string of the molecule is CCCCCCCCCCOc1ccc(C(=O)NN=Cc2ccc(Cl)cc2Cl)cc1. The van der Waals surface area contributed by atoms with E-state index in [9.17, 15) is 4.79 Å². The van der Waals surface area contributed by atoms with E-state index in [0.29, 0.717) is 27.8 Å². The summed E-state index contributed by atoms with van der Waals surface area (Å²) in [6.45, 7) is 2.94. The van der Waals surface area contributed by atoms with Crippen LogP contribution < -0.4 is 10.2 Å². The van der Waals surface area contributed by atoms with E-state index in [1.807, 2.05) is 0 Å². The fourth-order valence-corrected chi connectivity index (χ4v) is 3.42. The zero-order chi connectivity index (χ0) is 21.6. The molecule has 0 saturated carbocycles. The molecule has 0 aliphatic rings.